The number of carbonyl (C=O) groups is 2. The van der Waals surface area contributed by atoms with Crippen molar-refractivity contribution >= 4 is 11.8 Å². The van der Waals surface area contributed by atoms with Crippen molar-refractivity contribution in [2.24, 2.45) is 35.0 Å². The minimum atomic E-state index is -1.64. The molecule has 4 nitrogen and oxygen atoms in total. The van der Waals surface area contributed by atoms with E-state index in [1.54, 1.807) is 6.08 Å². The van der Waals surface area contributed by atoms with Gasteiger partial charge in [-0.25, -0.2) is 4.79 Å². The lowest BCUT2D eigenvalue weighted by atomic mass is 9.42. The number of ether oxygens (including phenoxy) is 2. The fourth-order valence-electron chi connectivity index (χ4n) is 7.57. The predicted octanol–water partition coefficient (Wildman–Crippen LogP) is 6.18. The molecule has 0 aromatic heterocycles. The number of benzene rings is 1. The third-order valence-corrected chi connectivity index (χ3v) is 9.52. The Morgan fingerprint density at radius 1 is 1.20 bits per heavy atom. The van der Waals surface area contributed by atoms with E-state index >= 15 is 0 Å². The molecule has 1 saturated carbocycles. The largest absolute Gasteiger partial charge is 0.462 e. The van der Waals surface area contributed by atoms with Gasteiger partial charge in [0.15, 0.2) is 5.78 Å². The first-order valence-corrected chi connectivity index (χ1v) is 13.0. The zero-order valence-corrected chi connectivity index (χ0v) is 21.7. The Morgan fingerprint density at radius 2 is 1.91 bits per heavy atom. The summed E-state index contributed by atoms with van der Waals surface area (Å²) in [6.45, 7) is 14.7. The van der Waals surface area contributed by atoms with Crippen LogP contribution in [0.4, 0.5) is 0 Å². The molecule has 2 heterocycles. The van der Waals surface area contributed by atoms with Crippen LogP contribution in [-0.4, -0.2) is 24.0 Å². The van der Waals surface area contributed by atoms with Crippen LogP contribution in [0.3, 0.4) is 0 Å². The maximum Gasteiger partial charge on any atom is 0.347 e. The molecule has 0 unspecified atom stereocenters. The van der Waals surface area contributed by atoms with Crippen molar-refractivity contribution in [2.75, 3.05) is 6.61 Å². The molecule has 4 heteroatoms. The van der Waals surface area contributed by atoms with E-state index in [9.17, 15) is 9.59 Å². The van der Waals surface area contributed by atoms with Crippen LogP contribution in [0.25, 0.3) is 0 Å². The van der Waals surface area contributed by atoms with E-state index in [2.05, 4.69) is 58.6 Å². The van der Waals surface area contributed by atoms with Crippen molar-refractivity contribution in [3.63, 3.8) is 0 Å². The number of ketones is 1. The summed E-state index contributed by atoms with van der Waals surface area (Å²) in [5.74, 6) is -0.00100. The van der Waals surface area contributed by atoms with E-state index in [0.29, 0.717) is 11.8 Å². The Balaban J connectivity index is 1.63. The summed E-state index contributed by atoms with van der Waals surface area (Å²) >= 11 is 0. The number of rotatable bonds is 6. The molecular formula is C31H38O4. The highest BCUT2D eigenvalue weighted by Crippen LogP contribution is 2.73. The number of Topliss-reactive ketones (excluding diaryl/α,β-unsaturated/α-hetero) is 1. The van der Waals surface area contributed by atoms with E-state index in [0.717, 1.165) is 24.8 Å². The Hall–Kier alpha value is -2.46. The predicted molar refractivity (Wildman–Crippen MR) is 136 cm³/mol. The highest BCUT2D eigenvalue weighted by Gasteiger charge is 2.83. The summed E-state index contributed by atoms with van der Waals surface area (Å²) in [7, 11) is 0. The molecule has 35 heavy (non-hydrogen) atoms. The van der Waals surface area contributed by atoms with Gasteiger partial charge in [0.05, 0.1) is 11.3 Å². The average molecular weight is 475 g/mol. The monoisotopic (exact) mass is 474 g/mol. The maximum atomic E-state index is 14.5. The molecular weight excluding hydrogens is 436 g/mol. The molecule has 2 aliphatic carbocycles. The molecule has 1 aromatic carbocycles. The van der Waals surface area contributed by atoms with E-state index in [1.165, 1.54) is 11.1 Å². The Morgan fingerprint density at radius 3 is 2.57 bits per heavy atom. The van der Waals surface area contributed by atoms with Crippen molar-refractivity contribution in [1.82, 2.24) is 0 Å². The van der Waals surface area contributed by atoms with Gasteiger partial charge in [-0.2, -0.15) is 0 Å². The zero-order valence-electron chi connectivity index (χ0n) is 21.7. The van der Waals surface area contributed by atoms with Gasteiger partial charge >= 0.3 is 5.97 Å². The first-order chi connectivity index (χ1) is 16.6. The van der Waals surface area contributed by atoms with E-state index in [1.807, 2.05) is 25.1 Å². The van der Waals surface area contributed by atoms with Crippen molar-refractivity contribution in [2.45, 2.75) is 65.1 Å². The van der Waals surface area contributed by atoms with Gasteiger partial charge in [-0.1, -0.05) is 66.6 Å². The smallest absolute Gasteiger partial charge is 0.347 e. The van der Waals surface area contributed by atoms with Crippen molar-refractivity contribution < 1.29 is 19.1 Å². The number of allylic oxidation sites excluding steroid dienone is 3. The summed E-state index contributed by atoms with van der Waals surface area (Å²) in [6, 6.07) is 10.1. The summed E-state index contributed by atoms with van der Waals surface area (Å²) in [5.41, 5.74) is 0.197. The van der Waals surface area contributed by atoms with Crippen molar-refractivity contribution in [1.29, 1.82) is 0 Å². The van der Waals surface area contributed by atoms with Crippen LogP contribution in [0.5, 0.6) is 0 Å². The fourth-order valence-corrected chi connectivity index (χ4v) is 7.57. The second-order valence-corrected chi connectivity index (χ2v) is 11.7. The SMILES string of the molecule is C=C[C@@]1(C)COC(=O)[C@]12O[C@]1(c3ccccc3)[C@@H](C2=O)[C@@H]2[C@H]([C@H](C)CCC=C(C)C)CC=C(C)[C@@H]21. The van der Waals surface area contributed by atoms with Gasteiger partial charge < -0.3 is 9.47 Å². The highest BCUT2D eigenvalue weighted by atomic mass is 16.6. The van der Waals surface area contributed by atoms with Crippen molar-refractivity contribution in [3.05, 3.63) is 71.8 Å². The van der Waals surface area contributed by atoms with Gasteiger partial charge in [0.25, 0.3) is 0 Å². The molecule has 2 aliphatic heterocycles. The van der Waals surface area contributed by atoms with Crippen LogP contribution in [0.1, 0.15) is 59.4 Å². The van der Waals surface area contributed by atoms with Crippen LogP contribution in [0.15, 0.2) is 66.3 Å². The minimum Gasteiger partial charge on any atom is -0.462 e. The lowest BCUT2D eigenvalue weighted by Gasteiger charge is -2.62. The lowest BCUT2D eigenvalue weighted by Crippen LogP contribution is -2.64. The lowest BCUT2D eigenvalue weighted by molar-refractivity contribution is -0.234. The topological polar surface area (TPSA) is 52.6 Å². The molecule has 186 valence electrons. The molecule has 0 N–H and O–H groups in total. The highest BCUT2D eigenvalue weighted by molar-refractivity contribution is 6.13. The second-order valence-electron chi connectivity index (χ2n) is 11.7. The molecule has 3 fully saturated rings. The third-order valence-electron chi connectivity index (χ3n) is 9.52. The number of carbonyl (C=O) groups excluding carboxylic acids is 2. The summed E-state index contributed by atoms with van der Waals surface area (Å²) in [5, 5.41) is 0. The quantitative estimate of drug-likeness (QED) is 0.281. The molecule has 0 amide bonds. The molecule has 5 rings (SSSR count). The van der Waals surface area contributed by atoms with Crippen LogP contribution in [0.2, 0.25) is 0 Å². The van der Waals surface area contributed by atoms with Gasteiger partial charge in [-0.05, 0) is 70.3 Å². The van der Waals surface area contributed by atoms with Crippen LogP contribution in [0, 0.1) is 35.0 Å². The molecule has 4 aliphatic rings. The number of hydrogen-bond acceptors (Lipinski definition) is 4. The van der Waals surface area contributed by atoms with Gasteiger partial charge in [0, 0.05) is 5.92 Å². The Bertz CT molecular complexity index is 1110. The van der Waals surface area contributed by atoms with Gasteiger partial charge in [0.2, 0.25) is 5.60 Å². The van der Waals surface area contributed by atoms with Crippen molar-refractivity contribution in [3.8, 4) is 0 Å². The first-order valence-electron chi connectivity index (χ1n) is 13.0. The number of cyclic esters (lactones) is 1. The van der Waals surface area contributed by atoms with E-state index in [4.69, 9.17) is 9.47 Å². The molecule has 2 saturated heterocycles. The molecule has 0 bridgehead atoms. The average Bonchev–Trinajstić information content (AvgIpc) is 3.22. The normalized spacial score (nSPS) is 40.3. The number of fused-ring (bicyclic) bond motifs is 4. The van der Waals surface area contributed by atoms with Gasteiger partial charge in [-0.15, -0.1) is 6.58 Å². The number of hydrogen-bond donors (Lipinski definition) is 0. The molecule has 1 spiro atoms. The van der Waals surface area contributed by atoms with E-state index in [-0.39, 0.29) is 30.1 Å². The zero-order chi connectivity index (χ0) is 25.2. The molecule has 1 aromatic rings. The second kappa shape index (κ2) is 8.30. The van der Waals surface area contributed by atoms with Crippen LogP contribution < -0.4 is 0 Å². The fraction of sp³-hybridized carbons (Fsp3) is 0.548. The first kappa shape index (κ1) is 24.2. The summed E-state index contributed by atoms with van der Waals surface area (Å²) < 4.78 is 12.5. The minimum absolute atomic E-state index is 0.0605. The summed E-state index contributed by atoms with van der Waals surface area (Å²) in [4.78, 5) is 27.8. The van der Waals surface area contributed by atoms with Crippen LogP contribution in [-0.2, 0) is 24.7 Å². The number of esters is 1. The van der Waals surface area contributed by atoms with Gasteiger partial charge in [-0.3, -0.25) is 4.79 Å². The van der Waals surface area contributed by atoms with E-state index < -0.39 is 22.6 Å². The van der Waals surface area contributed by atoms with Gasteiger partial charge in [0.1, 0.15) is 12.2 Å². The Kier molecular flexibility index (Phi) is 5.75. The third kappa shape index (κ3) is 3.08. The molecule has 0 radical (unpaired) electrons. The standard InChI is InChI=1S/C31H38O4/c1-7-29(6)18-34-28(33)31(29)27(32)26-24-23(20(4)13-11-12-19(2)3)17-16-21(5)25(24)30(26,35-31)22-14-9-8-10-15-22/h7-10,12,14-16,20,23-26H,1,11,13,17-18H2,2-6H3/t20-,23+,24-,25+,26-,29+,30+,31+/m1/s1. The molecule has 8 atom stereocenters. The Labute approximate surface area is 209 Å². The summed E-state index contributed by atoms with van der Waals surface area (Å²) in [6.07, 6.45) is 9.44. The maximum absolute atomic E-state index is 14.5. The van der Waals surface area contributed by atoms with Crippen LogP contribution >= 0.6 is 0 Å².